The number of anilines is 1. The molecule has 0 spiro atoms. The third kappa shape index (κ3) is 3.90. The zero-order valence-corrected chi connectivity index (χ0v) is 13.7. The minimum atomic E-state index is -0.388. The Morgan fingerprint density at radius 2 is 1.85 bits per heavy atom. The molecule has 20 heavy (non-hydrogen) atoms. The SMILES string of the molecule is O=C(Nc1ccc(CCBr)cc1)c1ccc(F)c(Br)c1. The van der Waals surface area contributed by atoms with Crippen molar-refractivity contribution < 1.29 is 9.18 Å². The second-order valence-corrected chi connectivity index (χ2v) is 5.87. The lowest BCUT2D eigenvalue weighted by Gasteiger charge is -2.07. The number of halogens is 3. The highest BCUT2D eigenvalue weighted by atomic mass is 79.9. The third-order valence-corrected chi connectivity index (χ3v) is 3.78. The Morgan fingerprint density at radius 1 is 1.15 bits per heavy atom. The van der Waals surface area contributed by atoms with E-state index in [0.29, 0.717) is 11.3 Å². The van der Waals surface area contributed by atoms with Gasteiger partial charge in [0.05, 0.1) is 4.47 Å². The number of aryl methyl sites for hydroxylation is 1. The lowest BCUT2D eigenvalue weighted by molar-refractivity contribution is 0.102. The zero-order valence-electron chi connectivity index (χ0n) is 10.5. The maximum atomic E-state index is 13.1. The monoisotopic (exact) mass is 399 g/mol. The Morgan fingerprint density at radius 3 is 2.45 bits per heavy atom. The van der Waals surface area contributed by atoms with Crippen LogP contribution in [0.25, 0.3) is 0 Å². The topological polar surface area (TPSA) is 29.1 Å². The van der Waals surface area contributed by atoms with Crippen molar-refractivity contribution in [3.63, 3.8) is 0 Å². The number of carbonyl (C=O) groups is 1. The quantitative estimate of drug-likeness (QED) is 0.735. The predicted molar refractivity (Wildman–Crippen MR) is 86.0 cm³/mol. The third-order valence-electron chi connectivity index (χ3n) is 2.78. The van der Waals surface area contributed by atoms with Crippen LogP contribution in [0.15, 0.2) is 46.9 Å². The van der Waals surface area contributed by atoms with Gasteiger partial charge in [0, 0.05) is 16.6 Å². The van der Waals surface area contributed by atoms with Crippen LogP contribution in [-0.2, 0) is 6.42 Å². The zero-order chi connectivity index (χ0) is 14.5. The van der Waals surface area contributed by atoms with E-state index in [0.717, 1.165) is 11.8 Å². The number of nitrogens with one attached hydrogen (secondary N) is 1. The summed E-state index contributed by atoms with van der Waals surface area (Å²) in [6.07, 6.45) is 0.944. The fraction of sp³-hybridized carbons (Fsp3) is 0.133. The molecule has 0 saturated heterocycles. The molecule has 0 aromatic heterocycles. The van der Waals surface area contributed by atoms with Crippen LogP contribution in [0.5, 0.6) is 0 Å². The maximum Gasteiger partial charge on any atom is 0.255 e. The minimum absolute atomic E-state index is 0.265. The van der Waals surface area contributed by atoms with Crippen LogP contribution in [-0.4, -0.2) is 11.2 Å². The summed E-state index contributed by atoms with van der Waals surface area (Å²) >= 11 is 6.45. The molecule has 5 heteroatoms. The molecule has 0 radical (unpaired) electrons. The van der Waals surface area contributed by atoms with E-state index in [1.807, 2.05) is 24.3 Å². The fourth-order valence-corrected chi connectivity index (χ4v) is 2.54. The fourth-order valence-electron chi connectivity index (χ4n) is 1.70. The second kappa shape index (κ2) is 6.99. The van der Waals surface area contributed by atoms with Crippen molar-refractivity contribution in [2.45, 2.75) is 6.42 Å². The van der Waals surface area contributed by atoms with Crippen molar-refractivity contribution in [2.75, 3.05) is 10.6 Å². The number of alkyl halides is 1. The molecule has 0 saturated carbocycles. The summed E-state index contributed by atoms with van der Waals surface area (Å²) in [5, 5.41) is 3.69. The van der Waals surface area contributed by atoms with Gasteiger partial charge < -0.3 is 5.32 Å². The first-order valence-electron chi connectivity index (χ1n) is 6.01. The Hall–Kier alpha value is -1.20. The molecular weight excluding hydrogens is 389 g/mol. The highest BCUT2D eigenvalue weighted by molar-refractivity contribution is 9.10. The summed E-state index contributed by atoms with van der Waals surface area (Å²) in [7, 11) is 0. The van der Waals surface area contributed by atoms with Gasteiger partial charge in [0.15, 0.2) is 0 Å². The number of benzene rings is 2. The van der Waals surface area contributed by atoms with Crippen molar-refractivity contribution >= 4 is 43.5 Å². The first-order chi connectivity index (χ1) is 9.60. The van der Waals surface area contributed by atoms with Crippen LogP contribution in [0.3, 0.4) is 0 Å². The molecular formula is C15H12Br2FNO. The normalized spacial score (nSPS) is 10.3. The molecule has 0 bridgehead atoms. The largest absolute Gasteiger partial charge is 0.322 e. The average molecular weight is 401 g/mol. The molecule has 2 aromatic carbocycles. The van der Waals surface area contributed by atoms with Gasteiger partial charge >= 0.3 is 0 Å². The Bertz CT molecular complexity index is 614. The van der Waals surface area contributed by atoms with E-state index in [1.165, 1.54) is 23.8 Å². The first kappa shape index (κ1) is 15.2. The van der Waals surface area contributed by atoms with Crippen molar-refractivity contribution in [3.05, 3.63) is 63.9 Å². The van der Waals surface area contributed by atoms with Gasteiger partial charge in [0.1, 0.15) is 5.82 Å². The second-order valence-electron chi connectivity index (χ2n) is 4.22. The lowest BCUT2D eigenvalue weighted by Crippen LogP contribution is -2.12. The van der Waals surface area contributed by atoms with Gasteiger partial charge in [0.2, 0.25) is 0 Å². The van der Waals surface area contributed by atoms with E-state index in [-0.39, 0.29) is 16.2 Å². The van der Waals surface area contributed by atoms with Crippen molar-refractivity contribution in [1.29, 1.82) is 0 Å². The van der Waals surface area contributed by atoms with Crippen molar-refractivity contribution in [2.24, 2.45) is 0 Å². The molecule has 0 fully saturated rings. The molecule has 0 aliphatic carbocycles. The van der Waals surface area contributed by atoms with Gasteiger partial charge in [0.25, 0.3) is 5.91 Å². The number of rotatable bonds is 4. The minimum Gasteiger partial charge on any atom is -0.322 e. The summed E-state index contributed by atoms with van der Waals surface area (Å²) in [5.74, 6) is -0.653. The highest BCUT2D eigenvalue weighted by Gasteiger charge is 2.08. The van der Waals surface area contributed by atoms with Gasteiger partial charge in [-0.1, -0.05) is 28.1 Å². The van der Waals surface area contributed by atoms with E-state index in [2.05, 4.69) is 37.2 Å². The molecule has 1 N–H and O–H groups in total. The van der Waals surface area contributed by atoms with Crippen LogP contribution in [0.4, 0.5) is 10.1 Å². The number of hydrogen-bond acceptors (Lipinski definition) is 1. The Labute approximate surface area is 133 Å². The summed E-state index contributed by atoms with van der Waals surface area (Å²) in [6.45, 7) is 0. The predicted octanol–water partition coefficient (Wildman–Crippen LogP) is 4.78. The molecule has 0 atom stereocenters. The average Bonchev–Trinajstić information content (AvgIpc) is 2.44. The lowest BCUT2D eigenvalue weighted by atomic mass is 10.1. The van der Waals surface area contributed by atoms with Gasteiger partial charge in [-0.15, -0.1) is 0 Å². The summed E-state index contributed by atoms with van der Waals surface area (Å²) in [4.78, 5) is 12.0. The molecule has 2 aromatic rings. The Balaban J connectivity index is 2.08. The van der Waals surface area contributed by atoms with Crippen molar-refractivity contribution in [1.82, 2.24) is 0 Å². The van der Waals surface area contributed by atoms with Crippen LogP contribution < -0.4 is 5.32 Å². The summed E-state index contributed by atoms with van der Waals surface area (Å²) in [6, 6.07) is 11.8. The van der Waals surface area contributed by atoms with E-state index in [4.69, 9.17) is 0 Å². The molecule has 2 nitrogen and oxygen atoms in total. The molecule has 0 heterocycles. The van der Waals surface area contributed by atoms with Gasteiger partial charge in [-0.2, -0.15) is 0 Å². The van der Waals surface area contributed by atoms with E-state index >= 15 is 0 Å². The number of carbonyl (C=O) groups excluding carboxylic acids is 1. The van der Waals surface area contributed by atoms with E-state index in [9.17, 15) is 9.18 Å². The van der Waals surface area contributed by atoms with E-state index in [1.54, 1.807) is 0 Å². The molecule has 1 amide bonds. The first-order valence-corrected chi connectivity index (χ1v) is 7.93. The maximum absolute atomic E-state index is 13.1. The van der Waals surface area contributed by atoms with E-state index < -0.39 is 0 Å². The van der Waals surface area contributed by atoms with Crippen LogP contribution in [0.2, 0.25) is 0 Å². The Kier molecular flexibility index (Phi) is 5.31. The standard InChI is InChI=1S/C15H12Br2FNO/c16-8-7-10-1-4-12(5-2-10)19-15(20)11-3-6-14(18)13(17)9-11/h1-6,9H,7-8H2,(H,19,20). The van der Waals surface area contributed by atoms with Gasteiger partial charge in [-0.25, -0.2) is 4.39 Å². The van der Waals surface area contributed by atoms with Crippen LogP contribution >= 0.6 is 31.9 Å². The van der Waals surface area contributed by atoms with Gasteiger partial charge in [-0.05, 0) is 58.2 Å². The van der Waals surface area contributed by atoms with Crippen LogP contribution in [0.1, 0.15) is 15.9 Å². The smallest absolute Gasteiger partial charge is 0.255 e. The number of hydrogen-bond donors (Lipinski definition) is 1. The summed E-state index contributed by atoms with van der Waals surface area (Å²) in [5.41, 5.74) is 2.32. The van der Waals surface area contributed by atoms with Crippen LogP contribution in [0, 0.1) is 5.82 Å². The molecule has 0 aliphatic heterocycles. The molecule has 104 valence electrons. The molecule has 2 rings (SSSR count). The number of amides is 1. The molecule has 0 unspecified atom stereocenters. The summed E-state index contributed by atoms with van der Waals surface area (Å²) < 4.78 is 13.4. The van der Waals surface area contributed by atoms with Gasteiger partial charge in [-0.3, -0.25) is 4.79 Å². The highest BCUT2D eigenvalue weighted by Crippen LogP contribution is 2.18. The van der Waals surface area contributed by atoms with Crippen molar-refractivity contribution in [3.8, 4) is 0 Å². The molecule has 0 aliphatic rings.